The standard InChI is InChI=1S/C26H55O6P/c1-5-25(6-2,17-10-9-13-21-27)18-11-14-22-31-23-15-12-19-26(7-3,8-4)20-16-24-32-33(28,29)30/h27H,5-24H2,1-4H3,(H2,28,29,30). The molecular weight excluding hydrogens is 439 g/mol. The van der Waals surface area contributed by atoms with Gasteiger partial charge < -0.3 is 19.6 Å². The van der Waals surface area contributed by atoms with Gasteiger partial charge in [0.2, 0.25) is 0 Å². The van der Waals surface area contributed by atoms with Gasteiger partial charge >= 0.3 is 7.82 Å². The van der Waals surface area contributed by atoms with Gasteiger partial charge in [0.1, 0.15) is 0 Å². The monoisotopic (exact) mass is 494 g/mol. The predicted molar refractivity (Wildman–Crippen MR) is 137 cm³/mol. The van der Waals surface area contributed by atoms with Gasteiger partial charge in [0.15, 0.2) is 0 Å². The van der Waals surface area contributed by atoms with Crippen LogP contribution < -0.4 is 0 Å². The maximum Gasteiger partial charge on any atom is 0.469 e. The molecule has 0 aliphatic heterocycles. The smallest absolute Gasteiger partial charge is 0.396 e. The fourth-order valence-electron chi connectivity index (χ4n) is 5.09. The molecule has 0 aromatic rings. The number of hydrogen-bond donors (Lipinski definition) is 3. The molecule has 200 valence electrons. The maximum absolute atomic E-state index is 10.8. The number of rotatable bonds is 24. The van der Waals surface area contributed by atoms with Crippen molar-refractivity contribution in [3.8, 4) is 0 Å². The lowest BCUT2D eigenvalue weighted by Gasteiger charge is -2.32. The Bertz CT molecular complexity index is 485. The molecule has 7 heteroatoms. The second-order valence-electron chi connectivity index (χ2n) is 9.90. The summed E-state index contributed by atoms with van der Waals surface area (Å²) in [4.78, 5) is 17.6. The lowest BCUT2D eigenvalue weighted by atomic mass is 9.74. The first-order valence-electron chi connectivity index (χ1n) is 13.6. The summed E-state index contributed by atoms with van der Waals surface area (Å²) in [6.07, 6.45) is 17.8. The van der Waals surface area contributed by atoms with Crippen LogP contribution in [-0.2, 0) is 13.8 Å². The van der Waals surface area contributed by atoms with Gasteiger partial charge in [-0.2, -0.15) is 0 Å². The van der Waals surface area contributed by atoms with E-state index in [2.05, 4.69) is 32.2 Å². The lowest BCUT2D eigenvalue weighted by Crippen LogP contribution is -2.20. The molecular formula is C26H55O6P. The average Bonchev–Trinajstić information content (AvgIpc) is 2.80. The molecule has 0 spiro atoms. The second-order valence-corrected chi connectivity index (χ2v) is 11.1. The molecule has 0 aliphatic carbocycles. The largest absolute Gasteiger partial charge is 0.469 e. The minimum absolute atomic E-state index is 0.120. The number of phosphoric ester groups is 1. The summed E-state index contributed by atoms with van der Waals surface area (Å²) in [5.41, 5.74) is 0.703. The summed E-state index contributed by atoms with van der Waals surface area (Å²) in [6, 6.07) is 0. The SMILES string of the molecule is CCC(CC)(CCCCCO)CCCCOCCCCC(CC)(CC)CCCOP(=O)(O)O. The quantitative estimate of drug-likeness (QED) is 0.0955. The topological polar surface area (TPSA) is 96.2 Å². The third-order valence-electron chi connectivity index (χ3n) is 7.97. The van der Waals surface area contributed by atoms with Gasteiger partial charge in [-0.1, -0.05) is 79.1 Å². The van der Waals surface area contributed by atoms with Crippen molar-refractivity contribution in [1.29, 1.82) is 0 Å². The van der Waals surface area contributed by atoms with Crippen LogP contribution in [0.15, 0.2) is 0 Å². The van der Waals surface area contributed by atoms with E-state index in [1.54, 1.807) is 0 Å². The van der Waals surface area contributed by atoms with E-state index in [-0.39, 0.29) is 12.0 Å². The highest BCUT2D eigenvalue weighted by Crippen LogP contribution is 2.40. The van der Waals surface area contributed by atoms with Gasteiger partial charge in [0.05, 0.1) is 6.61 Å². The molecule has 0 rings (SSSR count). The van der Waals surface area contributed by atoms with Gasteiger partial charge in [-0.3, -0.25) is 4.52 Å². The molecule has 0 bridgehead atoms. The maximum atomic E-state index is 10.8. The summed E-state index contributed by atoms with van der Waals surface area (Å²) in [7, 11) is -4.35. The minimum atomic E-state index is -4.35. The highest BCUT2D eigenvalue weighted by molar-refractivity contribution is 7.46. The lowest BCUT2D eigenvalue weighted by molar-refractivity contribution is 0.112. The summed E-state index contributed by atoms with van der Waals surface area (Å²) in [5.74, 6) is 0. The molecule has 3 N–H and O–H groups in total. The first kappa shape index (κ1) is 33.0. The first-order chi connectivity index (χ1) is 15.7. The second kappa shape index (κ2) is 19.2. The van der Waals surface area contributed by atoms with Crippen LogP contribution in [0.2, 0.25) is 0 Å². The fraction of sp³-hybridized carbons (Fsp3) is 1.00. The Morgan fingerprint density at radius 1 is 0.606 bits per heavy atom. The zero-order chi connectivity index (χ0) is 25.1. The summed E-state index contributed by atoms with van der Waals surface area (Å²) in [5, 5.41) is 8.98. The van der Waals surface area contributed by atoms with Crippen LogP contribution in [0.1, 0.15) is 130 Å². The van der Waals surface area contributed by atoms with Crippen LogP contribution >= 0.6 is 7.82 Å². The Morgan fingerprint density at radius 3 is 1.42 bits per heavy atom. The molecule has 0 fully saturated rings. The Kier molecular flexibility index (Phi) is 19.3. The van der Waals surface area contributed by atoms with Crippen molar-refractivity contribution in [2.24, 2.45) is 10.8 Å². The van der Waals surface area contributed by atoms with E-state index in [1.165, 1.54) is 38.5 Å². The molecule has 0 saturated heterocycles. The van der Waals surface area contributed by atoms with Crippen molar-refractivity contribution in [2.45, 2.75) is 130 Å². The van der Waals surface area contributed by atoms with Gasteiger partial charge in [0.25, 0.3) is 0 Å². The molecule has 0 radical (unpaired) electrons. The highest BCUT2D eigenvalue weighted by atomic mass is 31.2. The number of aliphatic hydroxyl groups excluding tert-OH is 1. The fourth-order valence-corrected chi connectivity index (χ4v) is 5.46. The zero-order valence-electron chi connectivity index (χ0n) is 22.2. The molecule has 0 unspecified atom stereocenters. The van der Waals surface area contributed by atoms with E-state index in [1.807, 2.05) is 0 Å². The zero-order valence-corrected chi connectivity index (χ0v) is 23.1. The molecule has 0 aromatic carbocycles. The normalized spacial score (nSPS) is 13.1. The number of hydrogen-bond acceptors (Lipinski definition) is 4. The molecule has 33 heavy (non-hydrogen) atoms. The Morgan fingerprint density at radius 2 is 1.03 bits per heavy atom. The van der Waals surface area contributed by atoms with E-state index >= 15 is 0 Å². The van der Waals surface area contributed by atoms with Crippen molar-refractivity contribution in [1.82, 2.24) is 0 Å². The summed E-state index contributed by atoms with van der Waals surface area (Å²) < 4.78 is 21.3. The Labute approximate surface area is 204 Å². The molecule has 0 aliphatic rings. The van der Waals surface area contributed by atoms with Crippen LogP contribution in [0.4, 0.5) is 0 Å². The Hall–Kier alpha value is 0.0300. The molecule has 0 heterocycles. The van der Waals surface area contributed by atoms with E-state index in [9.17, 15) is 4.57 Å². The van der Waals surface area contributed by atoms with Crippen molar-refractivity contribution < 1.29 is 28.7 Å². The Balaban J connectivity index is 4.00. The van der Waals surface area contributed by atoms with E-state index < -0.39 is 7.82 Å². The van der Waals surface area contributed by atoms with Gasteiger partial charge in [-0.05, 0) is 62.2 Å². The van der Waals surface area contributed by atoms with Crippen molar-refractivity contribution in [2.75, 3.05) is 26.4 Å². The predicted octanol–water partition coefficient (Wildman–Crippen LogP) is 7.40. The van der Waals surface area contributed by atoms with Crippen LogP contribution in [0, 0.1) is 10.8 Å². The molecule has 0 saturated carbocycles. The average molecular weight is 495 g/mol. The number of aliphatic hydroxyl groups is 1. The van der Waals surface area contributed by atoms with Crippen LogP contribution in [0.25, 0.3) is 0 Å². The number of unbranched alkanes of at least 4 members (excludes halogenated alkanes) is 4. The van der Waals surface area contributed by atoms with Crippen LogP contribution in [0.3, 0.4) is 0 Å². The van der Waals surface area contributed by atoms with E-state index in [4.69, 9.17) is 19.6 Å². The third-order valence-corrected chi connectivity index (χ3v) is 8.49. The van der Waals surface area contributed by atoms with Crippen LogP contribution in [0.5, 0.6) is 0 Å². The summed E-state index contributed by atoms with van der Waals surface area (Å²) >= 11 is 0. The molecule has 0 aromatic heterocycles. The van der Waals surface area contributed by atoms with Gasteiger partial charge in [-0.25, -0.2) is 4.57 Å². The number of ether oxygens (including phenoxy) is 1. The molecule has 0 amide bonds. The first-order valence-corrected chi connectivity index (χ1v) is 15.1. The third kappa shape index (κ3) is 16.4. The van der Waals surface area contributed by atoms with Crippen molar-refractivity contribution >= 4 is 7.82 Å². The van der Waals surface area contributed by atoms with E-state index in [0.717, 1.165) is 71.0 Å². The molecule has 6 nitrogen and oxygen atoms in total. The van der Waals surface area contributed by atoms with Gasteiger partial charge in [0, 0.05) is 19.8 Å². The molecule has 0 atom stereocenters. The van der Waals surface area contributed by atoms with Crippen LogP contribution in [-0.4, -0.2) is 41.3 Å². The highest BCUT2D eigenvalue weighted by Gasteiger charge is 2.26. The van der Waals surface area contributed by atoms with E-state index in [0.29, 0.717) is 18.4 Å². The van der Waals surface area contributed by atoms with Crippen molar-refractivity contribution in [3.63, 3.8) is 0 Å². The minimum Gasteiger partial charge on any atom is -0.396 e. The summed E-state index contributed by atoms with van der Waals surface area (Å²) in [6.45, 7) is 11.2. The number of phosphoric acid groups is 1. The van der Waals surface area contributed by atoms with Crippen molar-refractivity contribution in [3.05, 3.63) is 0 Å². The van der Waals surface area contributed by atoms with Gasteiger partial charge in [-0.15, -0.1) is 0 Å².